The second-order valence-electron chi connectivity index (χ2n) is 5.49. The van der Waals surface area contributed by atoms with Crippen molar-refractivity contribution in [2.24, 2.45) is 11.8 Å². The molecule has 1 fully saturated rings. The summed E-state index contributed by atoms with van der Waals surface area (Å²) in [5.41, 5.74) is 0.990. The summed E-state index contributed by atoms with van der Waals surface area (Å²) in [5.74, 6) is 1.99. The number of nitrogens with zero attached hydrogens (tertiary/aromatic N) is 1. The molecule has 0 N–H and O–H groups in total. The lowest BCUT2D eigenvalue weighted by atomic mass is 9.77. The van der Waals surface area contributed by atoms with E-state index >= 15 is 0 Å². The standard InChI is InChI=1S/C16H23NO2/c1-3-12-5-4-6-14(9-12)15(18)10-13-7-8-16(19-2)17-11-13/h7-8,11-12,14H,3-6,9-10H2,1-2H3. The lowest BCUT2D eigenvalue weighted by molar-refractivity contribution is -0.123. The zero-order valence-electron chi connectivity index (χ0n) is 11.9. The van der Waals surface area contributed by atoms with Gasteiger partial charge >= 0.3 is 0 Å². The molecule has 1 aromatic rings. The normalized spacial score (nSPS) is 23.1. The summed E-state index contributed by atoms with van der Waals surface area (Å²) < 4.78 is 5.02. The van der Waals surface area contributed by atoms with E-state index in [4.69, 9.17) is 4.74 Å². The van der Waals surface area contributed by atoms with Crippen molar-refractivity contribution in [2.75, 3.05) is 7.11 Å². The minimum absolute atomic E-state index is 0.265. The third-order valence-corrected chi connectivity index (χ3v) is 4.20. The van der Waals surface area contributed by atoms with E-state index < -0.39 is 0 Å². The fourth-order valence-electron chi connectivity index (χ4n) is 2.94. The van der Waals surface area contributed by atoms with Crippen LogP contribution in [0, 0.1) is 11.8 Å². The molecule has 0 saturated heterocycles. The van der Waals surface area contributed by atoms with Gasteiger partial charge in [-0.25, -0.2) is 4.98 Å². The number of Topliss-reactive ketones (excluding diaryl/α,β-unsaturated/α-hetero) is 1. The highest BCUT2D eigenvalue weighted by atomic mass is 16.5. The van der Waals surface area contributed by atoms with E-state index in [1.807, 2.05) is 12.1 Å². The summed E-state index contributed by atoms with van der Waals surface area (Å²) in [6.45, 7) is 2.23. The Morgan fingerprint density at radius 1 is 1.42 bits per heavy atom. The lowest BCUT2D eigenvalue weighted by Crippen LogP contribution is -2.24. The van der Waals surface area contributed by atoms with Gasteiger partial charge in [0.1, 0.15) is 5.78 Å². The van der Waals surface area contributed by atoms with Gasteiger partial charge < -0.3 is 4.74 Å². The van der Waals surface area contributed by atoms with E-state index in [2.05, 4.69) is 11.9 Å². The van der Waals surface area contributed by atoms with Crippen LogP contribution in [0.15, 0.2) is 18.3 Å². The maximum atomic E-state index is 12.3. The highest BCUT2D eigenvalue weighted by molar-refractivity contribution is 5.83. The van der Waals surface area contributed by atoms with E-state index in [1.54, 1.807) is 13.3 Å². The van der Waals surface area contributed by atoms with Gasteiger partial charge in [0.15, 0.2) is 0 Å². The van der Waals surface area contributed by atoms with Crippen molar-refractivity contribution in [1.82, 2.24) is 4.98 Å². The summed E-state index contributed by atoms with van der Waals surface area (Å²) in [6, 6.07) is 3.75. The predicted molar refractivity (Wildman–Crippen MR) is 75.2 cm³/mol. The molecule has 3 heteroatoms. The molecule has 3 nitrogen and oxygen atoms in total. The molecule has 2 unspecified atom stereocenters. The fraction of sp³-hybridized carbons (Fsp3) is 0.625. The Labute approximate surface area is 115 Å². The molecule has 1 saturated carbocycles. The zero-order valence-corrected chi connectivity index (χ0v) is 11.9. The second kappa shape index (κ2) is 6.69. The van der Waals surface area contributed by atoms with Crippen LogP contribution in [0.3, 0.4) is 0 Å². The Morgan fingerprint density at radius 3 is 2.89 bits per heavy atom. The van der Waals surface area contributed by atoms with Crippen LogP contribution in [-0.2, 0) is 11.2 Å². The van der Waals surface area contributed by atoms with E-state index in [0.717, 1.165) is 24.3 Å². The second-order valence-corrected chi connectivity index (χ2v) is 5.49. The molecule has 104 valence electrons. The first-order chi connectivity index (χ1) is 9.22. The van der Waals surface area contributed by atoms with Gasteiger partial charge in [0, 0.05) is 24.6 Å². The molecule has 1 aromatic heterocycles. The number of aromatic nitrogens is 1. The quantitative estimate of drug-likeness (QED) is 0.815. The van der Waals surface area contributed by atoms with Crippen LogP contribution in [0.1, 0.15) is 44.6 Å². The molecule has 1 aliphatic carbocycles. The number of pyridine rings is 1. The summed E-state index contributed by atoms with van der Waals surface area (Å²) in [7, 11) is 1.60. The van der Waals surface area contributed by atoms with Crippen LogP contribution in [0.25, 0.3) is 0 Å². The van der Waals surface area contributed by atoms with Crippen LogP contribution >= 0.6 is 0 Å². The number of rotatable bonds is 5. The Hall–Kier alpha value is -1.38. The number of ketones is 1. The number of hydrogen-bond acceptors (Lipinski definition) is 3. The molecule has 0 aromatic carbocycles. The minimum Gasteiger partial charge on any atom is -0.481 e. The molecule has 0 amide bonds. The maximum Gasteiger partial charge on any atom is 0.212 e. The van der Waals surface area contributed by atoms with Crippen molar-refractivity contribution in [1.29, 1.82) is 0 Å². The Bertz CT molecular complexity index is 413. The Balaban J connectivity index is 1.92. The van der Waals surface area contributed by atoms with Crippen molar-refractivity contribution >= 4 is 5.78 Å². The first-order valence-corrected chi connectivity index (χ1v) is 7.24. The third kappa shape index (κ3) is 3.79. The van der Waals surface area contributed by atoms with Crippen LogP contribution in [-0.4, -0.2) is 17.9 Å². The molecule has 0 bridgehead atoms. The SMILES string of the molecule is CCC1CCCC(C(=O)Cc2ccc(OC)nc2)C1. The van der Waals surface area contributed by atoms with Gasteiger partial charge in [-0.3, -0.25) is 4.79 Å². The number of carbonyl (C=O) groups excluding carboxylic acids is 1. The van der Waals surface area contributed by atoms with Crippen molar-refractivity contribution in [3.63, 3.8) is 0 Å². The van der Waals surface area contributed by atoms with Crippen LogP contribution in [0.2, 0.25) is 0 Å². The predicted octanol–water partition coefficient (Wildman–Crippen LogP) is 3.42. The van der Waals surface area contributed by atoms with Crippen LogP contribution in [0.5, 0.6) is 5.88 Å². The van der Waals surface area contributed by atoms with Gasteiger partial charge in [-0.2, -0.15) is 0 Å². The van der Waals surface area contributed by atoms with Gasteiger partial charge in [-0.05, 0) is 24.3 Å². The number of hydrogen-bond donors (Lipinski definition) is 0. The number of carbonyl (C=O) groups is 1. The van der Waals surface area contributed by atoms with Crippen molar-refractivity contribution < 1.29 is 9.53 Å². The molecule has 1 aliphatic rings. The molecule has 2 atom stereocenters. The van der Waals surface area contributed by atoms with Gasteiger partial charge in [0.25, 0.3) is 0 Å². The average molecular weight is 261 g/mol. The highest BCUT2D eigenvalue weighted by Crippen LogP contribution is 2.32. The topological polar surface area (TPSA) is 39.2 Å². The molecule has 2 rings (SSSR count). The number of ether oxygens (including phenoxy) is 1. The first kappa shape index (κ1) is 14.0. The zero-order chi connectivity index (χ0) is 13.7. The molecule has 0 aliphatic heterocycles. The monoisotopic (exact) mass is 261 g/mol. The third-order valence-electron chi connectivity index (χ3n) is 4.20. The van der Waals surface area contributed by atoms with Crippen LogP contribution < -0.4 is 4.74 Å². The lowest BCUT2D eigenvalue weighted by Gasteiger charge is -2.27. The first-order valence-electron chi connectivity index (χ1n) is 7.24. The fourth-order valence-corrected chi connectivity index (χ4v) is 2.94. The van der Waals surface area contributed by atoms with Crippen LogP contribution in [0.4, 0.5) is 0 Å². The van der Waals surface area contributed by atoms with Crippen molar-refractivity contribution in [3.8, 4) is 5.88 Å². The molecule has 19 heavy (non-hydrogen) atoms. The highest BCUT2D eigenvalue weighted by Gasteiger charge is 2.26. The summed E-state index contributed by atoms with van der Waals surface area (Å²) >= 11 is 0. The van der Waals surface area contributed by atoms with Gasteiger partial charge in [0.05, 0.1) is 7.11 Å². The van der Waals surface area contributed by atoms with Gasteiger partial charge in [-0.1, -0.05) is 32.3 Å². The molecular formula is C16H23NO2. The molecular weight excluding hydrogens is 238 g/mol. The summed E-state index contributed by atoms with van der Waals surface area (Å²) in [5, 5.41) is 0. The summed E-state index contributed by atoms with van der Waals surface area (Å²) in [4.78, 5) is 16.5. The van der Waals surface area contributed by atoms with E-state index in [9.17, 15) is 4.79 Å². The van der Waals surface area contributed by atoms with Gasteiger partial charge in [0.2, 0.25) is 5.88 Å². The minimum atomic E-state index is 0.265. The largest absolute Gasteiger partial charge is 0.481 e. The average Bonchev–Trinajstić information content (AvgIpc) is 2.48. The molecule has 0 spiro atoms. The molecule has 0 radical (unpaired) electrons. The van der Waals surface area contributed by atoms with E-state index in [0.29, 0.717) is 18.1 Å². The smallest absolute Gasteiger partial charge is 0.212 e. The van der Waals surface area contributed by atoms with E-state index in [-0.39, 0.29) is 5.92 Å². The van der Waals surface area contributed by atoms with E-state index in [1.165, 1.54) is 19.3 Å². The summed E-state index contributed by atoms with van der Waals surface area (Å²) in [6.07, 6.45) is 8.11. The van der Waals surface area contributed by atoms with Crippen molar-refractivity contribution in [3.05, 3.63) is 23.9 Å². The Morgan fingerprint density at radius 2 is 2.26 bits per heavy atom. The number of methoxy groups -OCH3 is 1. The van der Waals surface area contributed by atoms with Crippen molar-refractivity contribution in [2.45, 2.75) is 45.4 Å². The van der Waals surface area contributed by atoms with Gasteiger partial charge in [-0.15, -0.1) is 0 Å². The maximum absolute atomic E-state index is 12.3. The Kier molecular flexibility index (Phi) is 4.94. The molecule has 1 heterocycles.